The lowest BCUT2D eigenvalue weighted by atomic mass is 10.1. The Labute approximate surface area is 182 Å². The van der Waals surface area contributed by atoms with Gasteiger partial charge in [0.25, 0.3) is 0 Å². The van der Waals surface area contributed by atoms with E-state index < -0.39 is 5.97 Å². The summed E-state index contributed by atoms with van der Waals surface area (Å²) in [7, 11) is 0. The smallest absolute Gasteiger partial charge is 0.355 e. The first kappa shape index (κ1) is 20.6. The highest BCUT2D eigenvalue weighted by Crippen LogP contribution is 2.36. The minimum atomic E-state index is -1.03. The third-order valence-corrected chi connectivity index (χ3v) is 6.59. The number of amides is 1. The molecule has 1 fully saturated rings. The Bertz CT molecular complexity index is 1120. The Morgan fingerprint density at radius 1 is 1.27 bits per heavy atom. The number of thiazole rings is 1. The van der Waals surface area contributed by atoms with Crippen molar-refractivity contribution >= 4 is 51.5 Å². The molecule has 1 saturated heterocycles. The van der Waals surface area contributed by atoms with Gasteiger partial charge in [0.1, 0.15) is 5.65 Å². The summed E-state index contributed by atoms with van der Waals surface area (Å²) >= 11 is 7.98. The summed E-state index contributed by atoms with van der Waals surface area (Å²) in [5, 5.41) is 12.9. The zero-order chi connectivity index (χ0) is 21.4. The van der Waals surface area contributed by atoms with Crippen LogP contribution < -0.4 is 4.90 Å². The topological polar surface area (TPSA) is 102 Å². The van der Waals surface area contributed by atoms with Gasteiger partial charge in [0, 0.05) is 50.6 Å². The number of aryl methyl sites for hydroxylation is 1. The lowest BCUT2D eigenvalue weighted by Crippen LogP contribution is -2.48. The Kier molecular flexibility index (Phi) is 5.66. The third-order valence-electron chi connectivity index (χ3n) is 5.33. The SMILES string of the molecule is CCc1[nH]c2nc(Cc3nc(C(=O)O)cs3)cc(N3CCN(C(C)=O)CC3)c2c1Cl. The number of nitrogens with one attached hydrogen (secondary N) is 1. The van der Waals surface area contributed by atoms with Crippen LogP contribution in [-0.4, -0.2) is 63.0 Å². The van der Waals surface area contributed by atoms with E-state index in [2.05, 4.69) is 14.9 Å². The van der Waals surface area contributed by atoms with Crippen molar-refractivity contribution in [2.45, 2.75) is 26.7 Å². The van der Waals surface area contributed by atoms with E-state index in [1.54, 1.807) is 12.3 Å². The first-order valence-electron chi connectivity index (χ1n) is 9.75. The molecule has 3 aromatic heterocycles. The fraction of sp³-hybridized carbons (Fsp3) is 0.400. The zero-order valence-corrected chi connectivity index (χ0v) is 18.3. The number of fused-ring (bicyclic) bond motifs is 1. The highest BCUT2D eigenvalue weighted by Gasteiger charge is 2.24. The first-order valence-corrected chi connectivity index (χ1v) is 11.0. The van der Waals surface area contributed by atoms with Crippen LogP contribution in [0.1, 0.15) is 40.7 Å². The fourth-order valence-corrected chi connectivity index (χ4v) is 4.88. The molecule has 0 bridgehead atoms. The van der Waals surface area contributed by atoms with Gasteiger partial charge in [-0.25, -0.2) is 14.8 Å². The van der Waals surface area contributed by atoms with Gasteiger partial charge >= 0.3 is 5.97 Å². The molecule has 0 atom stereocenters. The normalized spacial score (nSPS) is 14.5. The van der Waals surface area contributed by atoms with Gasteiger partial charge in [-0.15, -0.1) is 11.3 Å². The van der Waals surface area contributed by atoms with E-state index in [9.17, 15) is 9.59 Å². The molecule has 0 aromatic carbocycles. The maximum atomic E-state index is 11.7. The number of nitrogens with zero attached hydrogens (tertiary/aromatic N) is 4. The molecule has 0 radical (unpaired) electrons. The summed E-state index contributed by atoms with van der Waals surface area (Å²) in [6, 6.07) is 2.01. The second kappa shape index (κ2) is 8.23. The van der Waals surface area contributed by atoms with Crippen molar-refractivity contribution in [3.63, 3.8) is 0 Å². The molecule has 0 unspecified atom stereocenters. The van der Waals surface area contributed by atoms with E-state index in [4.69, 9.17) is 21.7 Å². The van der Waals surface area contributed by atoms with Crippen LogP contribution in [0.3, 0.4) is 0 Å². The Hall–Kier alpha value is -2.65. The summed E-state index contributed by atoms with van der Waals surface area (Å²) in [4.78, 5) is 39.1. The van der Waals surface area contributed by atoms with Crippen molar-refractivity contribution in [1.82, 2.24) is 19.9 Å². The molecule has 158 valence electrons. The van der Waals surface area contributed by atoms with Gasteiger partial charge in [-0.3, -0.25) is 4.79 Å². The number of carbonyl (C=O) groups excluding carboxylic acids is 1. The number of aromatic nitrogens is 3. The van der Waals surface area contributed by atoms with Gasteiger partial charge in [-0.2, -0.15) is 0 Å². The van der Waals surface area contributed by atoms with Crippen molar-refractivity contribution < 1.29 is 14.7 Å². The molecule has 10 heteroatoms. The average Bonchev–Trinajstić information content (AvgIpc) is 3.32. The second-order valence-corrected chi connectivity index (χ2v) is 8.55. The number of piperazine rings is 1. The maximum absolute atomic E-state index is 11.7. The average molecular weight is 448 g/mol. The number of H-pyrrole nitrogens is 1. The summed E-state index contributed by atoms with van der Waals surface area (Å²) in [5.41, 5.74) is 3.47. The number of anilines is 1. The number of hydrogen-bond donors (Lipinski definition) is 2. The highest BCUT2D eigenvalue weighted by atomic mass is 35.5. The number of carbonyl (C=O) groups is 2. The Balaban J connectivity index is 1.72. The molecule has 3 aromatic rings. The lowest BCUT2D eigenvalue weighted by molar-refractivity contribution is -0.129. The standard InChI is InChI=1S/C20H22ClN5O3S/c1-3-13-18(21)17-15(26-6-4-25(5-7-26)11(2)27)8-12(22-19(17)24-13)9-16-23-14(10-30-16)20(28)29/h8,10H,3-7,9H2,1-2H3,(H,22,24)(H,28,29). The molecule has 1 amide bonds. The lowest BCUT2D eigenvalue weighted by Gasteiger charge is -2.36. The van der Waals surface area contributed by atoms with Crippen molar-refractivity contribution in [2.24, 2.45) is 0 Å². The van der Waals surface area contributed by atoms with Gasteiger partial charge in [-0.1, -0.05) is 18.5 Å². The van der Waals surface area contributed by atoms with Crippen molar-refractivity contribution in [2.75, 3.05) is 31.1 Å². The minimum absolute atomic E-state index is 0.0489. The number of rotatable bonds is 5. The highest BCUT2D eigenvalue weighted by molar-refractivity contribution is 7.09. The van der Waals surface area contributed by atoms with E-state index in [-0.39, 0.29) is 11.6 Å². The van der Waals surface area contributed by atoms with Crippen LogP contribution in [0.4, 0.5) is 5.69 Å². The molecule has 2 N–H and O–H groups in total. The molecular formula is C20H22ClN5O3S. The largest absolute Gasteiger partial charge is 0.476 e. The monoisotopic (exact) mass is 447 g/mol. The van der Waals surface area contributed by atoms with Crippen LogP contribution in [0, 0.1) is 0 Å². The van der Waals surface area contributed by atoms with Gasteiger partial charge in [0.15, 0.2) is 5.69 Å². The van der Waals surface area contributed by atoms with Crippen LogP contribution in [0.25, 0.3) is 11.0 Å². The second-order valence-electron chi connectivity index (χ2n) is 7.23. The van der Waals surface area contributed by atoms with Gasteiger partial charge in [0.2, 0.25) is 5.91 Å². The molecule has 1 aliphatic heterocycles. The van der Waals surface area contributed by atoms with Crippen LogP contribution in [-0.2, 0) is 17.6 Å². The first-order chi connectivity index (χ1) is 14.4. The molecule has 0 spiro atoms. The number of aromatic amines is 1. The zero-order valence-electron chi connectivity index (χ0n) is 16.7. The predicted octanol–water partition coefficient (Wildman–Crippen LogP) is 3.19. The molecule has 1 aliphatic rings. The van der Waals surface area contributed by atoms with E-state index in [0.29, 0.717) is 48.3 Å². The van der Waals surface area contributed by atoms with Gasteiger partial charge < -0.3 is 19.9 Å². The number of carboxylic acid groups (broad SMARTS) is 1. The van der Waals surface area contributed by atoms with E-state index in [1.165, 1.54) is 11.3 Å². The molecule has 4 heterocycles. The molecular weight excluding hydrogens is 426 g/mol. The number of halogens is 1. The minimum Gasteiger partial charge on any atom is -0.476 e. The van der Waals surface area contributed by atoms with E-state index in [1.807, 2.05) is 17.9 Å². The van der Waals surface area contributed by atoms with E-state index >= 15 is 0 Å². The molecule has 4 rings (SSSR count). The van der Waals surface area contributed by atoms with Crippen LogP contribution in [0.15, 0.2) is 11.4 Å². The van der Waals surface area contributed by atoms with Crippen molar-refractivity contribution in [1.29, 1.82) is 0 Å². The summed E-state index contributed by atoms with van der Waals surface area (Å²) < 4.78 is 0. The molecule has 0 saturated carbocycles. The van der Waals surface area contributed by atoms with Crippen molar-refractivity contribution in [3.05, 3.63) is 38.6 Å². The van der Waals surface area contributed by atoms with Crippen LogP contribution in [0.5, 0.6) is 0 Å². The quantitative estimate of drug-likeness (QED) is 0.622. The van der Waals surface area contributed by atoms with E-state index in [0.717, 1.165) is 28.9 Å². The Morgan fingerprint density at radius 2 is 2.00 bits per heavy atom. The number of aromatic carboxylic acids is 1. The summed E-state index contributed by atoms with van der Waals surface area (Å²) in [5.74, 6) is -0.949. The molecule has 30 heavy (non-hydrogen) atoms. The molecule has 0 aliphatic carbocycles. The number of hydrogen-bond acceptors (Lipinski definition) is 6. The summed E-state index contributed by atoms with van der Waals surface area (Å²) in [6.07, 6.45) is 1.20. The van der Waals surface area contributed by atoms with Gasteiger partial charge in [0.05, 0.1) is 26.8 Å². The predicted molar refractivity (Wildman–Crippen MR) is 117 cm³/mol. The van der Waals surface area contributed by atoms with Crippen LogP contribution in [0.2, 0.25) is 5.02 Å². The van der Waals surface area contributed by atoms with Crippen LogP contribution >= 0.6 is 22.9 Å². The number of pyridine rings is 1. The molecule has 8 nitrogen and oxygen atoms in total. The van der Waals surface area contributed by atoms with Gasteiger partial charge in [-0.05, 0) is 12.5 Å². The Morgan fingerprint density at radius 3 is 2.60 bits per heavy atom. The van der Waals surface area contributed by atoms with Crippen molar-refractivity contribution in [3.8, 4) is 0 Å². The maximum Gasteiger partial charge on any atom is 0.355 e. The summed E-state index contributed by atoms with van der Waals surface area (Å²) in [6.45, 7) is 6.36. The third kappa shape index (κ3) is 3.87. The number of carboxylic acids is 1. The fourth-order valence-electron chi connectivity index (χ4n) is 3.73.